The van der Waals surface area contributed by atoms with Crippen LogP contribution in [-0.4, -0.2) is 32.6 Å². The first-order chi connectivity index (χ1) is 17.8. The Hall–Kier alpha value is -3.49. The summed E-state index contributed by atoms with van der Waals surface area (Å²) in [6.07, 6.45) is 3.48. The summed E-state index contributed by atoms with van der Waals surface area (Å²) in [5.74, 6) is 0.633. The van der Waals surface area contributed by atoms with E-state index in [4.69, 9.17) is 0 Å². The van der Waals surface area contributed by atoms with Crippen molar-refractivity contribution in [2.45, 2.75) is 31.3 Å². The summed E-state index contributed by atoms with van der Waals surface area (Å²) < 4.78 is 2.73. The van der Waals surface area contributed by atoms with Gasteiger partial charge in [0.05, 0.1) is 12.0 Å². The van der Waals surface area contributed by atoms with Gasteiger partial charge in [-0.25, -0.2) is 5.43 Å². The topological polar surface area (TPSA) is 72.2 Å². The Morgan fingerprint density at radius 2 is 1.62 bits per heavy atom. The number of nitrogens with zero attached hydrogens (tertiary/aromatic N) is 4. The monoisotopic (exact) mass is 573 g/mol. The number of nitrogens with one attached hydrogen (secondary N) is 1. The quantitative estimate of drug-likeness (QED) is 0.142. The summed E-state index contributed by atoms with van der Waals surface area (Å²) >= 11 is 4.76. The van der Waals surface area contributed by atoms with Crippen molar-refractivity contribution in [3.05, 3.63) is 101 Å². The average molecular weight is 575 g/mol. The van der Waals surface area contributed by atoms with Gasteiger partial charge in [-0.2, -0.15) is 5.10 Å². The third kappa shape index (κ3) is 7.27. The SMILES string of the molecule is CC(C)(C)c1ccc(-c2nnc(SCC(=O)N/N=C\C(Br)=C\c3ccccc3)n2-c2ccccc2)cc1. The van der Waals surface area contributed by atoms with Gasteiger partial charge in [0.25, 0.3) is 5.91 Å². The van der Waals surface area contributed by atoms with Gasteiger partial charge in [-0.05, 0) is 50.7 Å². The van der Waals surface area contributed by atoms with Gasteiger partial charge in [0, 0.05) is 15.7 Å². The number of hydrazone groups is 1. The van der Waals surface area contributed by atoms with E-state index in [9.17, 15) is 4.79 Å². The summed E-state index contributed by atoms with van der Waals surface area (Å²) in [6, 6.07) is 28.2. The minimum Gasteiger partial charge on any atom is -0.272 e. The van der Waals surface area contributed by atoms with E-state index in [1.807, 2.05) is 71.3 Å². The van der Waals surface area contributed by atoms with E-state index in [2.05, 4.69) is 81.7 Å². The number of thioether (sulfide) groups is 1. The van der Waals surface area contributed by atoms with Gasteiger partial charge < -0.3 is 0 Å². The van der Waals surface area contributed by atoms with Gasteiger partial charge >= 0.3 is 0 Å². The van der Waals surface area contributed by atoms with Crippen molar-refractivity contribution < 1.29 is 4.79 Å². The molecule has 4 rings (SSSR count). The second kappa shape index (κ2) is 12.2. The number of benzene rings is 3. The second-order valence-corrected chi connectivity index (χ2v) is 11.2. The van der Waals surface area contributed by atoms with E-state index in [-0.39, 0.29) is 17.1 Å². The molecule has 1 aromatic heterocycles. The van der Waals surface area contributed by atoms with Gasteiger partial charge in [0.15, 0.2) is 11.0 Å². The minimum atomic E-state index is -0.236. The Morgan fingerprint density at radius 1 is 0.973 bits per heavy atom. The summed E-state index contributed by atoms with van der Waals surface area (Å²) in [7, 11) is 0. The molecule has 1 amide bonds. The van der Waals surface area contributed by atoms with Crippen molar-refractivity contribution >= 4 is 45.9 Å². The third-order valence-corrected chi connectivity index (χ3v) is 6.83. The average Bonchev–Trinajstić information content (AvgIpc) is 3.32. The molecule has 0 bridgehead atoms. The normalized spacial score (nSPS) is 12.2. The fraction of sp³-hybridized carbons (Fsp3) is 0.172. The zero-order valence-corrected chi connectivity index (χ0v) is 23.3. The molecule has 3 aromatic carbocycles. The first kappa shape index (κ1) is 26.6. The third-order valence-electron chi connectivity index (χ3n) is 5.47. The predicted molar refractivity (Wildman–Crippen MR) is 156 cm³/mol. The van der Waals surface area contributed by atoms with E-state index in [0.717, 1.165) is 27.1 Å². The molecule has 8 heteroatoms. The van der Waals surface area contributed by atoms with Crippen LogP contribution in [0.25, 0.3) is 23.2 Å². The Labute approximate surface area is 230 Å². The summed E-state index contributed by atoms with van der Waals surface area (Å²) in [5.41, 5.74) is 6.80. The second-order valence-electron chi connectivity index (χ2n) is 9.33. The van der Waals surface area contributed by atoms with Gasteiger partial charge in [-0.1, -0.05) is 105 Å². The van der Waals surface area contributed by atoms with Crippen LogP contribution in [0.3, 0.4) is 0 Å². The van der Waals surface area contributed by atoms with Crippen molar-refractivity contribution in [3.63, 3.8) is 0 Å². The molecule has 0 unspecified atom stereocenters. The maximum atomic E-state index is 12.5. The van der Waals surface area contributed by atoms with E-state index in [1.165, 1.54) is 17.3 Å². The highest BCUT2D eigenvalue weighted by Gasteiger charge is 2.19. The molecule has 0 saturated heterocycles. The van der Waals surface area contributed by atoms with E-state index < -0.39 is 0 Å². The lowest BCUT2D eigenvalue weighted by Crippen LogP contribution is -2.19. The van der Waals surface area contributed by atoms with Crippen molar-refractivity contribution in [2.75, 3.05) is 5.75 Å². The molecule has 0 aliphatic heterocycles. The molecule has 0 saturated carbocycles. The van der Waals surface area contributed by atoms with Crippen LogP contribution in [0.1, 0.15) is 31.9 Å². The predicted octanol–water partition coefficient (Wildman–Crippen LogP) is 6.86. The Bertz CT molecular complexity index is 1390. The van der Waals surface area contributed by atoms with Crippen molar-refractivity contribution in [2.24, 2.45) is 5.10 Å². The van der Waals surface area contributed by atoms with Crippen LogP contribution in [0.2, 0.25) is 0 Å². The lowest BCUT2D eigenvalue weighted by Gasteiger charge is -2.19. The van der Waals surface area contributed by atoms with Crippen LogP contribution in [0.4, 0.5) is 0 Å². The van der Waals surface area contributed by atoms with Crippen LogP contribution in [-0.2, 0) is 10.2 Å². The van der Waals surface area contributed by atoms with Crippen molar-refractivity contribution in [1.29, 1.82) is 0 Å². The molecule has 37 heavy (non-hydrogen) atoms. The highest BCUT2D eigenvalue weighted by atomic mass is 79.9. The number of allylic oxidation sites excluding steroid dienone is 1. The number of hydrogen-bond acceptors (Lipinski definition) is 5. The van der Waals surface area contributed by atoms with Crippen LogP contribution in [0.15, 0.2) is 99.7 Å². The van der Waals surface area contributed by atoms with E-state index in [1.54, 1.807) is 6.21 Å². The highest BCUT2D eigenvalue weighted by Crippen LogP contribution is 2.30. The fourth-order valence-electron chi connectivity index (χ4n) is 3.55. The molecule has 0 radical (unpaired) electrons. The standard InChI is InChI=1S/C29H28BrN5OS/c1-29(2,3)23-16-14-22(15-17-23)27-33-34-28(35(27)25-12-8-5-9-13-25)37-20-26(36)32-31-19-24(30)18-21-10-6-4-7-11-21/h4-19H,20H2,1-3H3,(H,32,36)/b24-18-,31-19-. The molecule has 0 fully saturated rings. The van der Waals surface area contributed by atoms with Crippen molar-refractivity contribution in [3.8, 4) is 17.1 Å². The summed E-state index contributed by atoms with van der Waals surface area (Å²) in [5, 5.41) is 13.6. The number of rotatable bonds is 8. The minimum absolute atomic E-state index is 0.0649. The molecule has 0 aliphatic carbocycles. The summed E-state index contributed by atoms with van der Waals surface area (Å²) in [6.45, 7) is 6.57. The van der Waals surface area contributed by atoms with Gasteiger partial charge in [0.1, 0.15) is 0 Å². The molecule has 188 valence electrons. The molecule has 1 N–H and O–H groups in total. The Kier molecular flexibility index (Phi) is 8.74. The lowest BCUT2D eigenvalue weighted by molar-refractivity contribution is -0.118. The zero-order valence-electron chi connectivity index (χ0n) is 20.9. The first-order valence-corrected chi connectivity index (χ1v) is 13.6. The number of aromatic nitrogens is 3. The highest BCUT2D eigenvalue weighted by molar-refractivity contribution is 9.12. The first-order valence-electron chi connectivity index (χ1n) is 11.8. The van der Waals surface area contributed by atoms with Crippen LogP contribution >= 0.6 is 27.7 Å². The molecular formula is C29H28BrN5OS. The molecule has 1 heterocycles. The molecule has 6 nitrogen and oxygen atoms in total. The summed E-state index contributed by atoms with van der Waals surface area (Å²) in [4.78, 5) is 12.5. The smallest absolute Gasteiger partial charge is 0.250 e. The van der Waals surface area contributed by atoms with Crippen LogP contribution in [0, 0.1) is 0 Å². The van der Waals surface area contributed by atoms with E-state index >= 15 is 0 Å². The molecule has 0 aliphatic rings. The number of hydrogen-bond donors (Lipinski definition) is 1. The van der Waals surface area contributed by atoms with E-state index in [0.29, 0.717) is 5.16 Å². The van der Waals surface area contributed by atoms with Gasteiger partial charge in [-0.3, -0.25) is 9.36 Å². The Morgan fingerprint density at radius 3 is 2.27 bits per heavy atom. The maximum absolute atomic E-state index is 12.5. The number of carbonyl (C=O) groups is 1. The van der Waals surface area contributed by atoms with Gasteiger partial charge in [0.2, 0.25) is 0 Å². The zero-order chi connectivity index (χ0) is 26.3. The van der Waals surface area contributed by atoms with Gasteiger partial charge in [-0.15, -0.1) is 10.2 Å². The maximum Gasteiger partial charge on any atom is 0.250 e. The molecule has 0 spiro atoms. The van der Waals surface area contributed by atoms with Crippen LogP contribution in [0.5, 0.6) is 0 Å². The number of carbonyl (C=O) groups excluding carboxylic acids is 1. The molecule has 4 aromatic rings. The van der Waals surface area contributed by atoms with Crippen molar-refractivity contribution in [1.82, 2.24) is 20.2 Å². The number of halogens is 1. The molecular weight excluding hydrogens is 546 g/mol. The number of para-hydroxylation sites is 1. The Balaban J connectivity index is 1.47. The lowest BCUT2D eigenvalue weighted by atomic mass is 9.87. The molecule has 0 atom stereocenters. The number of amides is 1. The van der Waals surface area contributed by atoms with Crippen LogP contribution < -0.4 is 5.43 Å². The fourth-order valence-corrected chi connectivity index (χ4v) is 4.66. The largest absolute Gasteiger partial charge is 0.272 e.